The van der Waals surface area contributed by atoms with Gasteiger partial charge in [0.25, 0.3) is 5.69 Å². The highest BCUT2D eigenvalue weighted by molar-refractivity contribution is 7.16. The van der Waals surface area contributed by atoms with Gasteiger partial charge in [-0.05, 0) is 18.6 Å². The number of hydrogen-bond donors (Lipinski definition) is 1. The Kier molecular flexibility index (Phi) is 5.19. The molecule has 0 fully saturated rings. The summed E-state index contributed by atoms with van der Waals surface area (Å²) in [5, 5.41) is 14.0. The number of nitro benzene ring substituents is 1. The first kappa shape index (κ1) is 17.5. The molecule has 0 bridgehead atoms. The standard InChI is InChI=1S/C19H15N3O3S/c1-13-18(15-7-3-2-4-8-15)21-19(26-13)20-17(23)11-10-14-6-5-9-16(12-14)22(24)25/h2-12H,1H3,(H,20,21,23)/b11-10+. The van der Waals surface area contributed by atoms with Crippen LogP contribution in [0.1, 0.15) is 10.4 Å². The molecule has 0 atom stereocenters. The van der Waals surface area contributed by atoms with Crippen LogP contribution in [0.3, 0.4) is 0 Å². The molecular weight excluding hydrogens is 350 g/mol. The van der Waals surface area contributed by atoms with Crippen molar-refractivity contribution in [3.63, 3.8) is 0 Å². The van der Waals surface area contributed by atoms with Crippen LogP contribution in [-0.4, -0.2) is 15.8 Å². The van der Waals surface area contributed by atoms with Gasteiger partial charge in [-0.1, -0.05) is 42.5 Å². The van der Waals surface area contributed by atoms with E-state index < -0.39 is 4.92 Å². The van der Waals surface area contributed by atoms with Gasteiger partial charge in [0.1, 0.15) is 0 Å². The lowest BCUT2D eigenvalue weighted by molar-refractivity contribution is -0.384. The van der Waals surface area contributed by atoms with Crippen molar-refractivity contribution >= 4 is 34.1 Å². The number of non-ortho nitro benzene ring substituents is 1. The van der Waals surface area contributed by atoms with E-state index in [9.17, 15) is 14.9 Å². The number of amides is 1. The summed E-state index contributed by atoms with van der Waals surface area (Å²) >= 11 is 1.40. The highest BCUT2D eigenvalue weighted by Gasteiger charge is 2.11. The third-order valence-corrected chi connectivity index (χ3v) is 4.47. The largest absolute Gasteiger partial charge is 0.298 e. The average molecular weight is 365 g/mol. The molecule has 0 radical (unpaired) electrons. The molecule has 7 heteroatoms. The molecule has 26 heavy (non-hydrogen) atoms. The zero-order chi connectivity index (χ0) is 18.5. The van der Waals surface area contributed by atoms with Crippen molar-refractivity contribution in [1.82, 2.24) is 4.98 Å². The van der Waals surface area contributed by atoms with E-state index in [1.165, 1.54) is 35.6 Å². The number of benzene rings is 2. The van der Waals surface area contributed by atoms with Gasteiger partial charge in [0.05, 0.1) is 10.6 Å². The number of nitrogens with zero attached hydrogens (tertiary/aromatic N) is 2. The van der Waals surface area contributed by atoms with Crippen LogP contribution in [0.15, 0.2) is 60.7 Å². The summed E-state index contributed by atoms with van der Waals surface area (Å²) < 4.78 is 0. The fourth-order valence-corrected chi connectivity index (χ4v) is 3.21. The van der Waals surface area contributed by atoms with Gasteiger partial charge >= 0.3 is 0 Å². The van der Waals surface area contributed by atoms with Crippen molar-refractivity contribution in [2.75, 3.05) is 5.32 Å². The van der Waals surface area contributed by atoms with Crippen molar-refractivity contribution in [1.29, 1.82) is 0 Å². The Balaban J connectivity index is 1.71. The SMILES string of the molecule is Cc1sc(NC(=O)/C=C/c2cccc([N+](=O)[O-])c2)nc1-c1ccccc1. The molecule has 6 nitrogen and oxygen atoms in total. The minimum absolute atomic E-state index is 0.0180. The Morgan fingerprint density at radius 2 is 1.96 bits per heavy atom. The van der Waals surface area contributed by atoms with Crippen molar-refractivity contribution in [3.05, 3.63) is 81.2 Å². The van der Waals surface area contributed by atoms with Crippen LogP contribution in [-0.2, 0) is 4.79 Å². The van der Waals surface area contributed by atoms with Gasteiger partial charge in [0.15, 0.2) is 5.13 Å². The predicted molar refractivity (Wildman–Crippen MR) is 103 cm³/mol. The van der Waals surface area contributed by atoms with Crippen molar-refractivity contribution < 1.29 is 9.72 Å². The number of aryl methyl sites for hydroxylation is 1. The summed E-state index contributed by atoms with van der Waals surface area (Å²) in [6.45, 7) is 1.95. The minimum Gasteiger partial charge on any atom is -0.298 e. The Hall–Kier alpha value is -3.32. The summed E-state index contributed by atoms with van der Waals surface area (Å²) in [4.78, 5) is 27.9. The molecule has 0 saturated carbocycles. The zero-order valence-electron chi connectivity index (χ0n) is 13.9. The Labute approximate surface area is 154 Å². The molecule has 0 aliphatic heterocycles. The normalized spacial score (nSPS) is 10.8. The molecule has 0 unspecified atom stereocenters. The van der Waals surface area contributed by atoms with E-state index in [4.69, 9.17) is 0 Å². The number of hydrogen-bond acceptors (Lipinski definition) is 5. The van der Waals surface area contributed by atoms with Crippen molar-refractivity contribution in [2.45, 2.75) is 6.92 Å². The van der Waals surface area contributed by atoms with E-state index in [0.717, 1.165) is 16.1 Å². The van der Waals surface area contributed by atoms with Crippen LogP contribution < -0.4 is 5.32 Å². The first-order chi connectivity index (χ1) is 12.5. The van der Waals surface area contributed by atoms with Crippen LogP contribution in [0.4, 0.5) is 10.8 Å². The number of carbonyl (C=O) groups excluding carboxylic acids is 1. The second-order valence-corrected chi connectivity index (χ2v) is 6.67. The predicted octanol–water partition coefficient (Wildman–Crippen LogP) is 4.68. The minimum atomic E-state index is -0.471. The van der Waals surface area contributed by atoms with E-state index in [-0.39, 0.29) is 11.6 Å². The summed E-state index contributed by atoms with van der Waals surface area (Å²) in [7, 11) is 0. The van der Waals surface area contributed by atoms with E-state index in [1.807, 2.05) is 37.3 Å². The molecule has 0 aliphatic rings. The lowest BCUT2D eigenvalue weighted by Gasteiger charge is -1.98. The smallest absolute Gasteiger partial charge is 0.270 e. The number of thiazole rings is 1. The maximum atomic E-state index is 12.1. The van der Waals surface area contributed by atoms with Crippen LogP contribution in [0.5, 0.6) is 0 Å². The van der Waals surface area contributed by atoms with Gasteiger partial charge in [-0.25, -0.2) is 4.98 Å². The fraction of sp³-hybridized carbons (Fsp3) is 0.0526. The molecule has 1 N–H and O–H groups in total. The Morgan fingerprint density at radius 1 is 1.19 bits per heavy atom. The number of nitro groups is 1. The number of nitrogens with one attached hydrogen (secondary N) is 1. The Bertz CT molecular complexity index is 981. The summed E-state index contributed by atoms with van der Waals surface area (Å²) in [6.07, 6.45) is 2.86. The van der Waals surface area contributed by atoms with Gasteiger partial charge in [-0.15, -0.1) is 11.3 Å². The molecule has 3 rings (SSSR count). The zero-order valence-corrected chi connectivity index (χ0v) is 14.7. The molecule has 0 aliphatic carbocycles. The topological polar surface area (TPSA) is 85.1 Å². The second-order valence-electron chi connectivity index (χ2n) is 5.46. The molecule has 3 aromatic rings. The maximum absolute atomic E-state index is 12.1. The molecule has 0 spiro atoms. The van der Waals surface area contributed by atoms with Crippen molar-refractivity contribution in [3.8, 4) is 11.3 Å². The van der Waals surface area contributed by atoms with Crippen LogP contribution in [0.25, 0.3) is 17.3 Å². The Morgan fingerprint density at radius 3 is 2.69 bits per heavy atom. The summed E-state index contributed by atoms with van der Waals surface area (Å²) in [5.74, 6) is -0.343. The van der Waals surface area contributed by atoms with Crippen LogP contribution >= 0.6 is 11.3 Å². The van der Waals surface area contributed by atoms with Gasteiger partial charge in [-0.3, -0.25) is 20.2 Å². The van der Waals surface area contributed by atoms with E-state index in [1.54, 1.807) is 12.1 Å². The highest BCUT2D eigenvalue weighted by atomic mass is 32.1. The number of carbonyl (C=O) groups is 1. The molecular formula is C19H15N3O3S. The maximum Gasteiger partial charge on any atom is 0.270 e. The third-order valence-electron chi connectivity index (χ3n) is 3.58. The van der Waals surface area contributed by atoms with Crippen molar-refractivity contribution in [2.24, 2.45) is 0 Å². The van der Waals surface area contributed by atoms with Gasteiger partial charge in [0.2, 0.25) is 5.91 Å². The molecule has 1 aromatic heterocycles. The van der Waals surface area contributed by atoms with E-state index >= 15 is 0 Å². The first-order valence-corrected chi connectivity index (χ1v) is 8.61. The monoisotopic (exact) mass is 365 g/mol. The van der Waals surface area contributed by atoms with Gasteiger partial charge < -0.3 is 0 Å². The molecule has 0 saturated heterocycles. The van der Waals surface area contributed by atoms with E-state index in [2.05, 4.69) is 10.3 Å². The lowest BCUT2D eigenvalue weighted by atomic mass is 10.1. The quantitative estimate of drug-likeness (QED) is 0.404. The fourth-order valence-electron chi connectivity index (χ4n) is 2.37. The van der Waals surface area contributed by atoms with Crippen LogP contribution in [0, 0.1) is 17.0 Å². The first-order valence-electron chi connectivity index (χ1n) is 7.79. The number of rotatable bonds is 5. The van der Waals surface area contributed by atoms with Gasteiger partial charge in [0, 0.05) is 28.6 Å². The second kappa shape index (κ2) is 7.71. The van der Waals surface area contributed by atoms with Gasteiger partial charge in [-0.2, -0.15) is 0 Å². The summed E-state index contributed by atoms with van der Waals surface area (Å²) in [6, 6.07) is 15.8. The molecule has 2 aromatic carbocycles. The van der Waals surface area contributed by atoms with Crippen LogP contribution in [0.2, 0.25) is 0 Å². The highest BCUT2D eigenvalue weighted by Crippen LogP contribution is 2.30. The van der Waals surface area contributed by atoms with E-state index in [0.29, 0.717) is 10.7 Å². The number of aromatic nitrogens is 1. The average Bonchev–Trinajstić information content (AvgIpc) is 3.01. The summed E-state index contributed by atoms with van der Waals surface area (Å²) in [5.41, 5.74) is 2.40. The molecule has 1 heterocycles. The third kappa shape index (κ3) is 4.20. The number of anilines is 1. The molecule has 130 valence electrons. The molecule has 1 amide bonds. The lowest BCUT2D eigenvalue weighted by Crippen LogP contribution is -2.07.